The van der Waals surface area contributed by atoms with E-state index in [1.165, 1.54) is 0 Å². The number of rotatable bonds is 8. The zero-order valence-corrected chi connectivity index (χ0v) is 15.5. The van der Waals surface area contributed by atoms with Crippen molar-refractivity contribution in [2.24, 2.45) is 0 Å². The molecule has 28 heavy (non-hydrogen) atoms. The Morgan fingerprint density at radius 1 is 0.786 bits per heavy atom. The highest BCUT2D eigenvalue weighted by molar-refractivity contribution is 5.85. The van der Waals surface area contributed by atoms with E-state index in [0.717, 1.165) is 16.7 Å². The Labute approximate surface area is 164 Å². The fourth-order valence-corrected chi connectivity index (χ4v) is 3.26. The summed E-state index contributed by atoms with van der Waals surface area (Å²) in [6.07, 6.45) is 1.31. The van der Waals surface area contributed by atoms with Gasteiger partial charge in [0, 0.05) is 0 Å². The highest BCUT2D eigenvalue weighted by Gasteiger charge is 2.52. The van der Waals surface area contributed by atoms with Crippen LogP contribution in [0.1, 0.15) is 29.5 Å². The van der Waals surface area contributed by atoms with Crippen molar-refractivity contribution in [2.45, 2.75) is 31.5 Å². The normalized spacial score (nSPS) is 14.3. The van der Waals surface area contributed by atoms with E-state index >= 15 is 0 Å². The molecule has 4 rings (SSSR count). The van der Waals surface area contributed by atoms with Crippen LogP contribution in [0, 0.1) is 0 Å². The highest BCUT2D eigenvalue weighted by Crippen LogP contribution is 2.50. The van der Waals surface area contributed by atoms with Gasteiger partial charge in [-0.15, -0.1) is 0 Å². The van der Waals surface area contributed by atoms with E-state index in [2.05, 4.69) is 0 Å². The van der Waals surface area contributed by atoms with Gasteiger partial charge in [0.15, 0.2) is 11.5 Å². The number of ether oxygens (including phenoxy) is 2. The Morgan fingerprint density at radius 2 is 1.32 bits per heavy atom. The van der Waals surface area contributed by atoms with Gasteiger partial charge in [-0.05, 0) is 41.7 Å². The molecule has 3 aromatic carbocycles. The van der Waals surface area contributed by atoms with Crippen LogP contribution in [0.2, 0.25) is 0 Å². The third-order valence-corrected chi connectivity index (χ3v) is 5.13. The molecule has 1 saturated carbocycles. The van der Waals surface area contributed by atoms with Crippen LogP contribution in [0.3, 0.4) is 0 Å². The van der Waals surface area contributed by atoms with E-state index in [1.807, 2.05) is 78.9 Å². The topological polar surface area (TPSA) is 55.8 Å². The lowest BCUT2D eigenvalue weighted by atomic mass is 9.96. The SMILES string of the molecule is O=C(O)C1(c2ccc(OCc3ccccc3)c(OCc3ccccc3)c2)CC1. The lowest BCUT2D eigenvalue weighted by Gasteiger charge is -2.17. The monoisotopic (exact) mass is 374 g/mol. The summed E-state index contributed by atoms with van der Waals surface area (Å²) in [5.41, 5.74) is 2.10. The van der Waals surface area contributed by atoms with Crippen LogP contribution >= 0.6 is 0 Å². The third kappa shape index (κ3) is 3.86. The van der Waals surface area contributed by atoms with Crippen molar-refractivity contribution < 1.29 is 19.4 Å². The Morgan fingerprint density at radius 3 is 1.82 bits per heavy atom. The number of carboxylic acid groups (broad SMARTS) is 1. The molecule has 4 nitrogen and oxygen atoms in total. The van der Waals surface area contributed by atoms with Gasteiger partial charge >= 0.3 is 5.97 Å². The minimum absolute atomic E-state index is 0.395. The molecule has 3 aromatic rings. The lowest BCUT2D eigenvalue weighted by Crippen LogP contribution is -2.19. The molecule has 1 aliphatic carbocycles. The molecule has 0 atom stereocenters. The van der Waals surface area contributed by atoms with E-state index in [1.54, 1.807) is 0 Å². The predicted molar refractivity (Wildman–Crippen MR) is 107 cm³/mol. The van der Waals surface area contributed by atoms with E-state index in [-0.39, 0.29) is 0 Å². The zero-order valence-electron chi connectivity index (χ0n) is 15.5. The first-order chi connectivity index (χ1) is 13.7. The van der Waals surface area contributed by atoms with Crippen LogP contribution in [0.5, 0.6) is 11.5 Å². The van der Waals surface area contributed by atoms with Crippen LogP contribution in [0.4, 0.5) is 0 Å². The Balaban J connectivity index is 1.57. The third-order valence-electron chi connectivity index (χ3n) is 5.13. The highest BCUT2D eigenvalue weighted by atomic mass is 16.5. The van der Waals surface area contributed by atoms with Gasteiger partial charge in [0.2, 0.25) is 0 Å². The second-order valence-electron chi connectivity index (χ2n) is 7.10. The van der Waals surface area contributed by atoms with Crippen molar-refractivity contribution in [2.75, 3.05) is 0 Å². The minimum atomic E-state index is -0.778. The van der Waals surface area contributed by atoms with Crippen molar-refractivity contribution in [3.63, 3.8) is 0 Å². The van der Waals surface area contributed by atoms with Crippen molar-refractivity contribution in [1.82, 2.24) is 0 Å². The van der Waals surface area contributed by atoms with Gasteiger partial charge in [-0.2, -0.15) is 0 Å². The molecule has 0 radical (unpaired) electrons. The summed E-state index contributed by atoms with van der Waals surface area (Å²) in [6.45, 7) is 0.817. The van der Waals surface area contributed by atoms with Gasteiger partial charge in [-0.3, -0.25) is 4.79 Å². The smallest absolute Gasteiger partial charge is 0.314 e. The summed E-state index contributed by atoms with van der Waals surface area (Å²) < 4.78 is 12.0. The quantitative estimate of drug-likeness (QED) is 0.605. The molecular formula is C24H22O4. The maximum Gasteiger partial charge on any atom is 0.314 e. The molecule has 0 amide bonds. The Kier molecular flexibility index (Phi) is 5.02. The van der Waals surface area contributed by atoms with Crippen LogP contribution in [0.15, 0.2) is 78.9 Å². The maximum absolute atomic E-state index is 11.7. The molecule has 0 bridgehead atoms. The van der Waals surface area contributed by atoms with E-state index < -0.39 is 11.4 Å². The second-order valence-corrected chi connectivity index (χ2v) is 7.10. The maximum atomic E-state index is 11.7. The first kappa shape index (κ1) is 18.1. The molecule has 4 heteroatoms. The zero-order chi connectivity index (χ0) is 19.4. The van der Waals surface area contributed by atoms with Crippen LogP contribution in [-0.4, -0.2) is 11.1 Å². The predicted octanol–water partition coefficient (Wildman–Crippen LogP) is 4.96. The Bertz CT molecular complexity index is 947. The largest absolute Gasteiger partial charge is 0.485 e. The fraction of sp³-hybridized carbons (Fsp3) is 0.208. The second kappa shape index (κ2) is 7.77. The molecule has 0 unspecified atom stereocenters. The summed E-state index contributed by atoms with van der Waals surface area (Å²) in [6, 6.07) is 25.3. The first-order valence-corrected chi connectivity index (χ1v) is 9.39. The van der Waals surface area contributed by atoms with Gasteiger partial charge < -0.3 is 14.6 Å². The van der Waals surface area contributed by atoms with Crippen molar-refractivity contribution in [3.8, 4) is 11.5 Å². The number of hydrogen-bond donors (Lipinski definition) is 1. The molecule has 0 aromatic heterocycles. The minimum Gasteiger partial charge on any atom is -0.485 e. The van der Waals surface area contributed by atoms with Gasteiger partial charge in [-0.25, -0.2) is 0 Å². The molecule has 142 valence electrons. The summed E-state index contributed by atoms with van der Waals surface area (Å²) >= 11 is 0. The molecule has 0 aliphatic heterocycles. The Hall–Kier alpha value is -3.27. The van der Waals surface area contributed by atoms with Crippen molar-refractivity contribution in [1.29, 1.82) is 0 Å². The molecule has 0 spiro atoms. The van der Waals surface area contributed by atoms with Crippen LogP contribution in [0.25, 0.3) is 0 Å². The molecule has 0 heterocycles. The summed E-state index contributed by atoms with van der Waals surface area (Å²) in [5, 5.41) is 9.61. The van der Waals surface area contributed by atoms with Gasteiger partial charge in [-0.1, -0.05) is 66.7 Å². The fourth-order valence-electron chi connectivity index (χ4n) is 3.26. The van der Waals surface area contributed by atoms with Crippen molar-refractivity contribution >= 4 is 5.97 Å². The summed E-state index contributed by atoms with van der Waals surface area (Å²) in [5.74, 6) is 0.411. The molecule has 1 aliphatic rings. The summed E-state index contributed by atoms with van der Waals surface area (Å²) in [4.78, 5) is 11.7. The average molecular weight is 374 g/mol. The first-order valence-electron chi connectivity index (χ1n) is 9.39. The lowest BCUT2D eigenvalue weighted by molar-refractivity contribution is -0.140. The van der Waals surface area contributed by atoms with E-state index in [4.69, 9.17) is 9.47 Å². The van der Waals surface area contributed by atoms with Gasteiger partial charge in [0.05, 0.1) is 5.41 Å². The van der Waals surface area contributed by atoms with E-state index in [0.29, 0.717) is 37.6 Å². The number of hydrogen-bond acceptors (Lipinski definition) is 3. The molecule has 0 saturated heterocycles. The number of benzene rings is 3. The number of aliphatic carboxylic acids is 1. The van der Waals surface area contributed by atoms with Gasteiger partial charge in [0.25, 0.3) is 0 Å². The van der Waals surface area contributed by atoms with Crippen LogP contribution in [-0.2, 0) is 23.4 Å². The number of carboxylic acids is 1. The average Bonchev–Trinajstić information content (AvgIpc) is 3.55. The molecule has 1 N–H and O–H groups in total. The van der Waals surface area contributed by atoms with Gasteiger partial charge in [0.1, 0.15) is 13.2 Å². The van der Waals surface area contributed by atoms with Crippen molar-refractivity contribution in [3.05, 3.63) is 95.6 Å². The molecule has 1 fully saturated rings. The molecular weight excluding hydrogens is 352 g/mol. The standard InChI is InChI=1S/C24H22O4/c25-23(26)24(13-14-24)20-11-12-21(27-16-18-7-3-1-4-8-18)22(15-20)28-17-19-9-5-2-6-10-19/h1-12,15H,13-14,16-17H2,(H,25,26). The summed E-state index contributed by atoms with van der Waals surface area (Å²) in [7, 11) is 0. The van der Waals surface area contributed by atoms with Crippen LogP contribution < -0.4 is 9.47 Å². The number of carbonyl (C=O) groups is 1. The van der Waals surface area contributed by atoms with E-state index in [9.17, 15) is 9.90 Å².